The number of hydrogen-bond acceptors (Lipinski definition) is 4. The second-order valence-electron chi connectivity index (χ2n) is 4.03. The number of carbonyl (C=O) groups excluding carboxylic acids is 1. The van der Waals surface area contributed by atoms with Crippen molar-refractivity contribution in [2.45, 2.75) is 12.5 Å². The molecule has 1 aromatic carbocycles. The Morgan fingerprint density at radius 1 is 1.42 bits per heavy atom. The highest BCUT2D eigenvalue weighted by molar-refractivity contribution is 5.80. The maximum Gasteiger partial charge on any atom is 0.245 e. The smallest absolute Gasteiger partial charge is 0.245 e. The fourth-order valence-electron chi connectivity index (χ4n) is 1.75. The minimum Gasteiger partial charge on any atom is -0.351 e. The van der Waals surface area contributed by atoms with E-state index in [1.807, 2.05) is 30.3 Å². The number of nitrogens with zero attached hydrogens (tertiary/aromatic N) is 4. The predicted molar refractivity (Wildman–Crippen MR) is 70.2 cm³/mol. The summed E-state index contributed by atoms with van der Waals surface area (Å²) in [7, 11) is 0. The van der Waals surface area contributed by atoms with Gasteiger partial charge in [0.05, 0.1) is 0 Å². The van der Waals surface area contributed by atoms with Crippen LogP contribution in [0, 0.1) is 0 Å². The zero-order valence-corrected chi connectivity index (χ0v) is 10.4. The van der Waals surface area contributed by atoms with E-state index in [0.29, 0.717) is 13.0 Å². The zero-order chi connectivity index (χ0) is 13.5. The average Bonchev–Trinajstić information content (AvgIpc) is 2.97. The molecule has 2 rings (SSSR count). The molecule has 0 saturated carbocycles. The van der Waals surface area contributed by atoms with Gasteiger partial charge in [-0.15, -0.1) is 11.7 Å². The van der Waals surface area contributed by atoms with E-state index < -0.39 is 6.04 Å². The van der Waals surface area contributed by atoms with Crippen molar-refractivity contribution in [3.8, 4) is 0 Å². The molecule has 98 valence electrons. The Hall–Kier alpha value is -2.50. The van der Waals surface area contributed by atoms with Crippen LogP contribution in [0.3, 0.4) is 0 Å². The quantitative estimate of drug-likeness (QED) is 0.775. The minimum absolute atomic E-state index is 0.129. The maximum atomic E-state index is 12.1. The number of rotatable bonds is 6. The van der Waals surface area contributed by atoms with Crippen LogP contribution in [0.25, 0.3) is 0 Å². The van der Waals surface area contributed by atoms with E-state index >= 15 is 0 Å². The van der Waals surface area contributed by atoms with Crippen molar-refractivity contribution < 1.29 is 4.79 Å². The van der Waals surface area contributed by atoms with Crippen molar-refractivity contribution in [1.29, 1.82) is 0 Å². The molecule has 19 heavy (non-hydrogen) atoms. The molecular formula is C13H15N5O. The Kier molecular flexibility index (Phi) is 4.39. The number of nitrogens with one attached hydrogen (secondary N) is 1. The zero-order valence-electron chi connectivity index (χ0n) is 10.4. The third-order valence-corrected chi connectivity index (χ3v) is 2.68. The minimum atomic E-state index is -0.461. The third-order valence-electron chi connectivity index (χ3n) is 2.68. The molecule has 1 atom stereocenters. The van der Waals surface area contributed by atoms with Crippen molar-refractivity contribution in [2.75, 3.05) is 6.54 Å². The highest BCUT2D eigenvalue weighted by Gasteiger charge is 2.21. The molecule has 0 aliphatic rings. The molecule has 0 spiro atoms. The van der Waals surface area contributed by atoms with Gasteiger partial charge in [-0.05, 0) is 16.0 Å². The third kappa shape index (κ3) is 3.48. The molecule has 1 N–H and O–H groups in total. The topological polar surface area (TPSA) is 72.7 Å². The van der Waals surface area contributed by atoms with Crippen molar-refractivity contribution in [3.63, 3.8) is 0 Å². The second kappa shape index (κ2) is 6.44. The standard InChI is InChI=1S/C13H15N5O/c1-2-8-14-13(19)12(18-10-15-16-17-18)9-11-6-4-3-5-7-11/h2-7,10,12H,1,8-9H2,(H,14,19)/t12-/m1/s1. The average molecular weight is 257 g/mol. The highest BCUT2D eigenvalue weighted by Crippen LogP contribution is 2.12. The lowest BCUT2D eigenvalue weighted by molar-refractivity contribution is -0.124. The molecule has 2 aromatic rings. The van der Waals surface area contributed by atoms with Crippen LogP contribution in [-0.4, -0.2) is 32.7 Å². The first-order valence-electron chi connectivity index (χ1n) is 5.96. The second-order valence-corrected chi connectivity index (χ2v) is 4.03. The summed E-state index contributed by atoms with van der Waals surface area (Å²) >= 11 is 0. The molecule has 0 aliphatic heterocycles. The van der Waals surface area contributed by atoms with Gasteiger partial charge >= 0.3 is 0 Å². The van der Waals surface area contributed by atoms with E-state index in [9.17, 15) is 4.79 Å². The monoisotopic (exact) mass is 257 g/mol. The van der Waals surface area contributed by atoms with Crippen LogP contribution in [0.2, 0.25) is 0 Å². The van der Waals surface area contributed by atoms with Gasteiger partial charge in [0.2, 0.25) is 5.91 Å². The van der Waals surface area contributed by atoms with Crippen molar-refractivity contribution in [3.05, 3.63) is 54.9 Å². The SMILES string of the molecule is C=CCNC(=O)[C@@H](Cc1ccccc1)n1cnnn1. The van der Waals surface area contributed by atoms with Crippen LogP contribution in [0.15, 0.2) is 49.3 Å². The fraction of sp³-hybridized carbons (Fsp3) is 0.231. The lowest BCUT2D eigenvalue weighted by Gasteiger charge is -2.15. The van der Waals surface area contributed by atoms with Crippen LogP contribution in [0.1, 0.15) is 11.6 Å². The highest BCUT2D eigenvalue weighted by atomic mass is 16.2. The Bertz CT molecular complexity index is 523. The Balaban J connectivity index is 2.15. The number of benzene rings is 1. The molecule has 0 saturated heterocycles. The summed E-state index contributed by atoms with van der Waals surface area (Å²) in [5.74, 6) is -0.129. The van der Waals surface area contributed by atoms with Gasteiger partial charge in [-0.25, -0.2) is 4.68 Å². The lowest BCUT2D eigenvalue weighted by Crippen LogP contribution is -2.34. The van der Waals surface area contributed by atoms with Crippen LogP contribution >= 0.6 is 0 Å². The first-order valence-corrected chi connectivity index (χ1v) is 5.96. The molecule has 1 heterocycles. The Morgan fingerprint density at radius 2 is 2.21 bits per heavy atom. The molecule has 0 radical (unpaired) electrons. The van der Waals surface area contributed by atoms with Gasteiger partial charge in [-0.3, -0.25) is 4.79 Å². The molecule has 1 amide bonds. The van der Waals surface area contributed by atoms with E-state index in [2.05, 4.69) is 27.4 Å². The van der Waals surface area contributed by atoms with E-state index in [0.717, 1.165) is 5.56 Å². The fourth-order valence-corrected chi connectivity index (χ4v) is 1.75. The van der Waals surface area contributed by atoms with E-state index in [4.69, 9.17) is 0 Å². The van der Waals surface area contributed by atoms with Crippen molar-refractivity contribution in [1.82, 2.24) is 25.5 Å². The van der Waals surface area contributed by atoms with Crippen LogP contribution in [0.5, 0.6) is 0 Å². The molecule has 0 bridgehead atoms. The first kappa shape index (κ1) is 12.9. The number of hydrogen-bond donors (Lipinski definition) is 1. The number of carbonyl (C=O) groups is 1. The van der Waals surface area contributed by atoms with Crippen molar-refractivity contribution in [2.24, 2.45) is 0 Å². The van der Waals surface area contributed by atoms with Crippen LogP contribution < -0.4 is 5.32 Å². The number of aromatic nitrogens is 4. The first-order chi connectivity index (χ1) is 9.31. The van der Waals surface area contributed by atoms with Gasteiger partial charge in [0, 0.05) is 13.0 Å². The summed E-state index contributed by atoms with van der Waals surface area (Å²) in [5, 5.41) is 13.7. The summed E-state index contributed by atoms with van der Waals surface area (Å²) in [6.07, 6.45) is 3.62. The van der Waals surface area contributed by atoms with Gasteiger partial charge in [0.1, 0.15) is 12.4 Å². The molecule has 6 nitrogen and oxygen atoms in total. The van der Waals surface area contributed by atoms with Crippen LogP contribution in [0.4, 0.5) is 0 Å². The van der Waals surface area contributed by atoms with Gasteiger partial charge in [-0.1, -0.05) is 36.4 Å². The summed E-state index contributed by atoms with van der Waals surface area (Å²) in [6.45, 7) is 4.00. The van der Waals surface area contributed by atoms with Gasteiger partial charge in [0.15, 0.2) is 0 Å². The molecule has 0 fully saturated rings. The largest absolute Gasteiger partial charge is 0.351 e. The maximum absolute atomic E-state index is 12.1. The normalized spacial score (nSPS) is 11.8. The van der Waals surface area contributed by atoms with Gasteiger partial charge in [-0.2, -0.15) is 0 Å². The summed E-state index contributed by atoms with van der Waals surface area (Å²) in [4.78, 5) is 12.1. The Labute approximate surface area is 111 Å². The summed E-state index contributed by atoms with van der Waals surface area (Å²) in [6, 6.07) is 9.29. The predicted octanol–water partition coefficient (Wildman–Crippen LogP) is 0.759. The van der Waals surface area contributed by atoms with E-state index in [-0.39, 0.29) is 5.91 Å². The van der Waals surface area contributed by atoms with Crippen molar-refractivity contribution >= 4 is 5.91 Å². The molecule has 1 aromatic heterocycles. The van der Waals surface area contributed by atoms with Crippen LogP contribution in [-0.2, 0) is 11.2 Å². The summed E-state index contributed by atoms with van der Waals surface area (Å²) < 4.78 is 1.46. The summed E-state index contributed by atoms with van der Waals surface area (Å²) in [5.41, 5.74) is 1.05. The molecule has 0 aliphatic carbocycles. The molecule has 6 heteroatoms. The molecule has 0 unspecified atom stereocenters. The van der Waals surface area contributed by atoms with E-state index in [1.54, 1.807) is 6.08 Å². The molecular weight excluding hydrogens is 242 g/mol. The Morgan fingerprint density at radius 3 is 2.84 bits per heavy atom. The lowest BCUT2D eigenvalue weighted by atomic mass is 10.1. The number of tetrazole rings is 1. The van der Waals surface area contributed by atoms with Gasteiger partial charge < -0.3 is 5.32 Å². The van der Waals surface area contributed by atoms with Gasteiger partial charge in [0.25, 0.3) is 0 Å². The van der Waals surface area contributed by atoms with E-state index in [1.165, 1.54) is 11.0 Å². The number of amides is 1.